The number of amides is 1. The van der Waals surface area contributed by atoms with E-state index in [9.17, 15) is 4.79 Å². The lowest BCUT2D eigenvalue weighted by atomic mass is 10.0. The van der Waals surface area contributed by atoms with Crippen molar-refractivity contribution in [2.24, 2.45) is 5.92 Å². The van der Waals surface area contributed by atoms with Crippen LogP contribution in [0.15, 0.2) is 24.3 Å². The van der Waals surface area contributed by atoms with Gasteiger partial charge in [0.25, 0.3) is 0 Å². The van der Waals surface area contributed by atoms with Crippen LogP contribution in [0.3, 0.4) is 0 Å². The summed E-state index contributed by atoms with van der Waals surface area (Å²) in [5.74, 6) is 0.837. The number of hydrogen-bond donors (Lipinski definition) is 1. The van der Waals surface area contributed by atoms with Gasteiger partial charge >= 0.3 is 0 Å². The van der Waals surface area contributed by atoms with Gasteiger partial charge in [-0.05, 0) is 43.4 Å². The lowest BCUT2D eigenvalue weighted by Gasteiger charge is -2.23. The fourth-order valence-corrected chi connectivity index (χ4v) is 2.94. The predicted octanol–water partition coefficient (Wildman–Crippen LogP) is 2.65. The largest absolute Gasteiger partial charge is 0.385 e. The Hall–Kier alpha value is -1.55. The van der Waals surface area contributed by atoms with Crippen molar-refractivity contribution in [3.8, 4) is 0 Å². The Morgan fingerprint density at radius 3 is 3.05 bits per heavy atom. The number of rotatable bonds is 4. The summed E-state index contributed by atoms with van der Waals surface area (Å²) in [5, 5.41) is 3.48. The van der Waals surface area contributed by atoms with Crippen LogP contribution in [0.4, 0.5) is 11.4 Å². The molecule has 20 heavy (non-hydrogen) atoms. The normalized spacial score (nSPS) is 23.1. The molecule has 0 spiro atoms. The number of nitrogens with one attached hydrogen (secondary N) is 1. The zero-order valence-corrected chi connectivity index (χ0v) is 11.8. The van der Waals surface area contributed by atoms with Crippen LogP contribution in [0.5, 0.6) is 0 Å². The summed E-state index contributed by atoms with van der Waals surface area (Å²) in [6.07, 6.45) is 4.04. The molecule has 0 saturated carbocycles. The molecule has 0 bridgehead atoms. The maximum Gasteiger partial charge on any atom is 0.227 e. The third-order valence-corrected chi connectivity index (χ3v) is 4.08. The van der Waals surface area contributed by atoms with Crippen molar-refractivity contribution in [1.82, 2.24) is 0 Å². The number of ether oxygens (including phenoxy) is 1. The molecule has 0 aromatic heterocycles. The van der Waals surface area contributed by atoms with E-state index in [1.165, 1.54) is 6.42 Å². The van der Waals surface area contributed by atoms with Crippen molar-refractivity contribution in [2.75, 3.05) is 36.5 Å². The van der Waals surface area contributed by atoms with E-state index in [0.29, 0.717) is 12.3 Å². The SMILES string of the molecule is O=C1CCCN1c1cccc(NCC2CCCOC2)c1. The van der Waals surface area contributed by atoms with E-state index < -0.39 is 0 Å². The third-order valence-electron chi connectivity index (χ3n) is 4.08. The smallest absolute Gasteiger partial charge is 0.227 e. The summed E-state index contributed by atoms with van der Waals surface area (Å²) in [7, 11) is 0. The molecule has 4 heteroatoms. The van der Waals surface area contributed by atoms with E-state index in [1.54, 1.807) is 0 Å². The van der Waals surface area contributed by atoms with E-state index in [1.807, 2.05) is 17.0 Å². The molecule has 2 aliphatic heterocycles. The van der Waals surface area contributed by atoms with Gasteiger partial charge in [-0.3, -0.25) is 4.79 Å². The van der Waals surface area contributed by atoms with Crippen LogP contribution >= 0.6 is 0 Å². The van der Waals surface area contributed by atoms with E-state index in [4.69, 9.17) is 4.74 Å². The minimum absolute atomic E-state index is 0.239. The first kappa shape index (κ1) is 13.4. The van der Waals surface area contributed by atoms with Crippen LogP contribution in [-0.2, 0) is 9.53 Å². The molecule has 2 fully saturated rings. The molecule has 2 aliphatic rings. The number of carbonyl (C=O) groups excluding carboxylic acids is 1. The Morgan fingerprint density at radius 2 is 2.30 bits per heavy atom. The Labute approximate surface area is 120 Å². The van der Waals surface area contributed by atoms with Crippen molar-refractivity contribution >= 4 is 17.3 Å². The molecule has 1 unspecified atom stereocenters. The highest BCUT2D eigenvalue weighted by molar-refractivity contribution is 5.95. The van der Waals surface area contributed by atoms with Crippen molar-refractivity contribution in [3.63, 3.8) is 0 Å². The highest BCUT2D eigenvalue weighted by Crippen LogP contribution is 2.24. The summed E-state index contributed by atoms with van der Waals surface area (Å²) >= 11 is 0. The van der Waals surface area contributed by atoms with Gasteiger partial charge in [0.05, 0.1) is 6.61 Å². The van der Waals surface area contributed by atoms with Crippen LogP contribution in [0.25, 0.3) is 0 Å². The minimum atomic E-state index is 0.239. The highest BCUT2D eigenvalue weighted by Gasteiger charge is 2.21. The molecule has 1 aromatic rings. The highest BCUT2D eigenvalue weighted by atomic mass is 16.5. The summed E-state index contributed by atoms with van der Waals surface area (Å²) in [4.78, 5) is 13.7. The standard InChI is InChI=1S/C16H22N2O2/c19-16-7-2-8-18(16)15-6-1-5-14(10-15)17-11-13-4-3-9-20-12-13/h1,5-6,10,13,17H,2-4,7-9,11-12H2. The first-order valence-electron chi connectivity index (χ1n) is 7.55. The molecule has 108 valence electrons. The quantitative estimate of drug-likeness (QED) is 0.917. The second-order valence-electron chi connectivity index (χ2n) is 5.66. The first-order valence-corrected chi connectivity index (χ1v) is 7.55. The second kappa shape index (κ2) is 6.27. The average Bonchev–Trinajstić information content (AvgIpc) is 2.93. The monoisotopic (exact) mass is 274 g/mol. The molecule has 0 aliphatic carbocycles. The molecule has 0 radical (unpaired) electrons. The van der Waals surface area contributed by atoms with Gasteiger partial charge in [0, 0.05) is 37.5 Å². The number of hydrogen-bond acceptors (Lipinski definition) is 3. The van der Waals surface area contributed by atoms with E-state index in [-0.39, 0.29) is 5.91 Å². The zero-order chi connectivity index (χ0) is 13.8. The van der Waals surface area contributed by atoms with E-state index >= 15 is 0 Å². The molecule has 1 N–H and O–H groups in total. The average molecular weight is 274 g/mol. The predicted molar refractivity (Wildman–Crippen MR) is 80.1 cm³/mol. The van der Waals surface area contributed by atoms with Crippen LogP contribution in [-0.4, -0.2) is 32.2 Å². The minimum Gasteiger partial charge on any atom is -0.385 e. The van der Waals surface area contributed by atoms with Gasteiger partial charge in [0.15, 0.2) is 0 Å². The Morgan fingerprint density at radius 1 is 1.35 bits per heavy atom. The third kappa shape index (κ3) is 3.12. The first-order chi connectivity index (χ1) is 9.83. The number of anilines is 2. The summed E-state index contributed by atoms with van der Waals surface area (Å²) in [6.45, 7) is 3.55. The molecular weight excluding hydrogens is 252 g/mol. The molecule has 4 nitrogen and oxygen atoms in total. The van der Waals surface area contributed by atoms with Crippen molar-refractivity contribution in [1.29, 1.82) is 0 Å². The molecule has 1 amide bonds. The maximum atomic E-state index is 11.8. The molecular formula is C16H22N2O2. The fourth-order valence-electron chi connectivity index (χ4n) is 2.94. The topological polar surface area (TPSA) is 41.6 Å². The van der Waals surface area contributed by atoms with Crippen molar-refractivity contribution in [3.05, 3.63) is 24.3 Å². The fraction of sp³-hybridized carbons (Fsp3) is 0.562. The van der Waals surface area contributed by atoms with Gasteiger partial charge in [-0.15, -0.1) is 0 Å². The van der Waals surface area contributed by atoms with Crippen LogP contribution in [0.2, 0.25) is 0 Å². The molecule has 1 aromatic carbocycles. The Kier molecular flexibility index (Phi) is 4.21. The summed E-state index contributed by atoms with van der Waals surface area (Å²) in [6, 6.07) is 8.17. The molecule has 1 atom stereocenters. The van der Waals surface area contributed by atoms with Gasteiger partial charge in [-0.1, -0.05) is 6.07 Å². The van der Waals surface area contributed by atoms with Gasteiger partial charge < -0.3 is 15.0 Å². The van der Waals surface area contributed by atoms with E-state index in [2.05, 4.69) is 17.4 Å². The number of benzene rings is 1. The molecule has 2 saturated heterocycles. The summed E-state index contributed by atoms with van der Waals surface area (Å²) in [5.41, 5.74) is 2.10. The lowest BCUT2D eigenvalue weighted by Crippen LogP contribution is -2.25. The Balaban J connectivity index is 1.60. The Bertz CT molecular complexity index is 469. The summed E-state index contributed by atoms with van der Waals surface area (Å²) < 4.78 is 5.50. The van der Waals surface area contributed by atoms with Crippen LogP contribution < -0.4 is 10.2 Å². The number of nitrogens with zero attached hydrogens (tertiary/aromatic N) is 1. The van der Waals surface area contributed by atoms with Gasteiger partial charge in [0.2, 0.25) is 5.91 Å². The number of carbonyl (C=O) groups is 1. The van der Waals surface area contributed by atoms with Gasteiger partial charge in [-0.25, -0.2) is 0 Å². The van der Waals surface area contributed by atoms with Gasteiger partial charge in [0.1, 0.15) is 0 Å². The molecule has 3 rings (SSSR count). The van der Waals surface area contributed by atoms with Crippen molar-refractivity contribution < 1.29 is 9.53 Å². The lowest BCUT2D eigenvalue weighted by molar-refractivity contribution is -0.117. The zero-order valence-electron chi connectivity index (χ0n) is 11.8. The van der Waals surface area contributed by atoms with Crippen LogP contribution in [0, 0.1) is 5.92 Å². The molecule has 2 heterocycles. The van der Waals surface area contributed by atoms with E-state index in [0.717, 1.165) is 50.5 Å². The maximum absolute atomic E-state index is 11.8. The van der Waals surface area contributed by atoms with Crippen molar-refractivity contribution in [2.45, 2.75) is 25.7 Å². The van der Waals surface area contributed by atoms with Gasteiger partial charge in [-0.2, -0.15) is 0 Å². The van der Waals surface area contributed by atoms with Crippen LogP contribution in [0.1, 0.15) is 25.7 Å². The second-order valence-corrected chi connectivity index (χ2v) is 5.66.